The summed E-state index contributed by atoms with van der Waals surface area (Å²) in [5.74, 6) is 0.430. The Hall–Kier alpha value is -3.05. The Morgan fingerprint density at radius 3 is 2.54 bits per heavy atom. The Bertz CT molecular complexity index is 927. The van der Waals surface area contributed by atoms with E-state index in [-0.39, 0.29) is 5.91 Å². The first kappa shape index (κ1) is 17.8. The Balaban J connectivity index is 1.70. The van der Waals surface area contributed by atoms with E-state index in [4.69, 9.17) is 16.3 Å². The highest BCUT2D eigenvalue weighted by Gasteiger charge is 2.09. The van der Waals surface area contributed by atoms with Crippen LogP contribution in [0.5, 0.6) is 5.75 Å². The topological polar surface area (TPSA) is 63.2 Å². The number of rotatable bonds is 5. The number of aromatic nitrogens is 1. The predicted octanol–water partition coefficient (Wildman–Crippen LogP) is 5.05. The molecular formula is C20H18ClN3O2. The van der Waals surface area contributed by atoms with Crippen LogP contribution in [0.2, 0.25) is 5.02 Å². The van der Waals surface area contributed by atoms with Gasteiger partial charge in [-0.1, -0.05) is 29.8 Å². The fourth-order valence-corrected chi connectivity index (χ4v) is 2.55. The number of hydrogen-bond donors (Lipinski definition) is 2. The van der Waals surface area contributed by atoms with Crippen molar-refractivity contribution in [3.05, 3.63) is 77.1 Å². The van der Waals surface area contributed by atoms with Crippen LogP contribution < -0.4 is 15.4 Å². The lowest BCUT2D eigenvalue weighted by molar-refractivity contribution is 0.102. The summed E-state index contributed by atoms with van der Waals surface area (Å²) in [6, 6.07) is 16.4. The molecule has 0 aliphatic heterocycles. The molecule has 0 atom stereocenters. The molecule has 0 unspecified atom stereocenters. The number of methoxy groups -OCH3 is 1. The molecule has 0 fully saturated rings. The molecule has 0 saturated heterocycles. The second-order valence-electron chi connectivity index (χ2n) is 5.68. The van der Waals surface area contributed by atoms with Crippen LogP contribution in [0.1, 0.15) is 16.1 Å². The third-order valence-corrected chi connectivity index (χ3v) is 4.22. The first-order chi connectivity index (χ1) is 12.6. The maximum atomic E-state index is 12.3. The fourth-order valence-electron chi connectivity index (χ4n) is 2.37. The number of carbonyl (C=O) groups is 1. The van der Waals surface area contributed by atoms with Crippen LogP contribution in [0.3, 0.4) is 0 Å². The van der Waals surface area contributed by atoms with Crippen molar-refractivity contribution in [2.24, 2.45) is 0 Å². The van der Waals surface area contributed by atoms with Crippen LogP contribution in [-0.4, -0.2) is 18.0 Å². The van der Waals surface area contributed by atoms with Gasteiger partial charge in [0.05, 0.1) is 24.7 Å². The normalized spacial score (nSPS) is 10.3. The second-order valence-corrected chi connectivity index (χ2v) is 6.08. The van der Waals surface area contributed by atoms with Gasteiger partial charge in [0, 0.05) is 10.7 Å². The standard InChI is InChI=1S/C20H18ClN3O2/c1-13-7-8-14(11-16(13)21)24-20(25)18-10-9-15(12-22-18)23-17-5-3-4-6-19(17)26-2/h3-12,23H,1-2H3,(H,24,25). The third kappa shape index (κ3) is 4.13. The molecule has 1 heterocycles. The summed E-state index contributed by atoms with van der Waals surface area (Å²) < 4.78 is 5.31. The van der Waals surface area contributed by atoms with E-state index in [1.807, 2.05) is 37.3 Å². The number of nitrogens with zero attached hydrogens (tertiary/aromatic N) is 1. The van der Waals surface area contributed by atoms with E-state index in [0.29, 0.717) is 16.4 Å². The summed E-state index contributed by atoms with van der Waals surface area (Å²) in [5.41, 5.74) is 3.47. The van der Waals surface area contributed by atoms with Crippen LogP contribution in [0.25, 0.3) is 0 Å². The Morgan fingerprint density at radius 2 is 1.85 bits per heavy atom. The average molecular weight is 368 g/mol. The zero-order valence-corrected chi connectivity index (χ0v) is 15.2. The first-order valence-corrected chi connectivity index (χ1v) is 8.38. The molecule has 5 nitrogen and oxygen atoms in total. The monoisotopic (exact) mass is 367 g/mol. The predicted molar refractivity (Wildman–Crippen MR) is 105 cm³/mol. The smallest absolute Gasteiger partial charge is 0.274 e. The van der Waals surface area contributed by atoms with Gasteiger partial charge in [0.1, 0.15) is 11.4 Å². The molecule has 6 heteroatoms. The molecule has 0 aliphatic rings. The molecule has 0 bridgehead atoms. The molecule has 1 aromatic heterocycles. The van der Waals surface area contributed by atoms with E-state index in [1.165, 1.54) is 0 Å². The van der Waals surface area contributed by atoms with Gasteiger partial charge >= 0.3 is 0 Å². The molecular weight excluding hydrogens is 350 g/mol. The number of hydrogen-bond acceptors (Lipinski definition) is 4. The molecule has 132 valence electrons. The van der Waals surface area contributed by atoms with E-state index in [9.17, 15) is 4.79 Å². The second kappa shape index (κ2) is 7.89. The minimum atomic E-state index is -0.297. The lowest BCUT2D eigenvalue weighted by Crippen LogP contribution is -2.13. The lowest BCUT2D eigenvalue weighted by atomic mass is 10.2. The van der Waals surface area contributed by atoms with E-state index in [1.54, 1.807) is 37.6 Å². The quantitative estimate of drug-likeness (QED) is 0.662. The summed E-state index contributed by atoms with van der Waals surface area (Å²) in [6.07, 6.45) is 1.60. The minimum Gasteiger partial charge on any atom is -0.495 e. The number of nitrogens with one attached hydrogen (secondary N) is 2. The van der Waals surface area contributed by atoms with Gasteiger partial charge in [0.2, 0.25) is 0 Å². The van der Waals surface area contributed by atoms with Gasteiger partial charge in [-0.2, -0.15) is 0 Å². The third-order valence-electron chi connectivity index (χ3n) is 3.81. The van der Waals surface area contributed by atoms with Crippen molar-refractivity contribution in [2.75, 3.05) is 17.7 Å². The van der Waals surface area contributed by atoms with Gasteiger partial charge in [-0.25, -0.2) is 4.98 Å². The highest BCUT2D eigenvalue weighted by atomic mass is 35.5. The Kier molecular flexibility index (Phi) is 5.39. The van der Waals surface area contributed by atoms with Crippen molar-refractivity contribution in [2.45, 2.75) is 6.92 Å². The largest absolute Gasteiger partial charge is 0.495 e. The van der Waals surface area contributed by atoms with Gasteiger partial charge in [0.25, 0.3) is 5.91 Å². The molecule has 3 aromatic rings. The number of aryl methyl sites for hydroxylation is 1. The average Bonchev–Trinajstić information content (AvgIpc) is 2.66. The summed E-state index contributed by atoms with van der Waals surface area (Å²) >= 11 is 6.08. The summed E-state index contributed by atoms with van der Waals surface area (Å²) in [4.78, 5) is 16.5. The van der Waals surface area contributed by atoms with E-state index in [0.717, 1.165) is 22.7 Å². The van der Waals surface area contributed by atoms with Crippen molar-refractivity contribution in [1.29, 1.82) is 0 Å². The highest BCUT2D eigenvalue weighted by molar-refractivity contribution is 6.31. The molecule has 0 radical (unpaired) electrons. The molecule has 26 heavy (non-hydrogen) atoms. The van der Waals surface area contributed by atoms with Crippen LogP contribution in [0.15, 0.2) is 60.8 Å². The van der Waals surface area contributed by atoms with Crippen LogP contribution in [0.4, 0.5) is 17.1 Å². The summed E-state index contributed by atoms with van der Waals surface area (Å²) in [7, 11) is 1.61. The van der Waals surface area contributed by atoms with E-state index in [2.05, 4.69) is 15.6 Å². The molecule has 0 spiro atoms. The first-order valence-electron chi connectivity index (χ1n) is 8.00. The molecule has 3 rings (SSSR count). The zero-order valence-electron chi connectivity index (χ0n) is 14.4. The number of benzene rings is 2. The lowest BCUT2D eigenvalue weighted by Gasteiger charge is -2.11. The van der Waals surface area contributed by atoms with Crippen molar-refractivity contribution in [3.8, 4) is 5.75 Å². The van der Waals surface area contributed by atoms with Crippen LogP contribution in [-0.2, 0) is 0 Å². The summed E-state index contributed by atoms with van der Waals surface area (Å²) in [6.45, 7) is 1.91. The zero-order chi connectivity index (χ0) is 18.5. The van der Waals surface area contributed by atoms with E-state index >= 15 is 0 Å². The number of amides is 1. The van der Waals surface area contributed by atoms with Crippen molar-refractivity contribution in [3.63, 3.8) is 0 Å². The molecule has 0 aliphatic carbocycles. The summed E-state index contributed by atoms with van der Waals surface area (Å²) in [5, 5.41) is 6.61. The number of pyridine rings is 1. The fraction of sp³-hybridized carbons (Fsp3) is 0.100. The number of anilines is 3. The number of halogens is 1. The Labute approximate surface area is 157 Å². The van der Waals surface area contributed by atoms with Crippen molar-refractivity contribution >= 4 is 34.6 Å². The van der Waals surface area contributed by atoms with Crippen LogP contribution >= 0.6 is 11.6 Å². The van der Waals surface area contributed by atoms with Gasteiger partial charge in [-0.15, -0.1) is 0 Å². The molecule has 1 amide bonds. The SMILES string of the molecule is COc1ccccc1Nc1ccc(C(=O)Nc2ccc(C)c(Cl)c2)nc1. The maximum absolute atomic E-state index is 12.3. The van der Waals surface area contributed by atoms with Gasteiger partial charge in [-0.3, -0.25) is 4.79 Å². The van der Waals surface area contributed by atoms with E-state index < -0.39 is 0 Å². The van der Waals surface area contributed by atoms with Gasteiger partial charge in [-0.05, 0) is 48.9 Å². The maximum Gasteiger partial charge on any atom is 0.274 e. The van der Waals surface area contributed by atoms with Gasteiger partial charge in [0.15, 0.2) is 0 Å². The molecule has 2 N–H and O–H groups in total. The number of ether oxygens (including phenoxy) is 1. The highest BCUT2D eigenvalue weighted by Crippen LogP contribution is 2.26. The minimum absolute atomic E-state index is 0.297. The van der Waals surface area contributed by atoms with Crippen molar-refractivity contribution < 1.29 is 9.53 Å². The van der Waals surface area contributed by atoms with Crippen LogP contribution in [0, 0.1) is 6.92 Å². The number of carbonyl (C=O) groups excluding carboxylic acids is 1. The Morgan fingerprint density at radius 1 is 1.08 bits per heavy atom. The number of para-hydroxylation sites is 2. The molecule has 0 saturated carbocycles. The molecule has 2 aromatic carbocycles. The van der Waals surface area contributed by atoms with Gasteiger partial charge < -0.3 is 15.4 Å². The van der Waals surface area contributed by atoms with Crippen molar-refractivity contribution in [1.82, 2.24) is 4.98 Å².